The van der Waals surface area contributed by atoms with Gasteiger partial charge in [0.25, 0.3) is 0 Å². The summed E-state index contributed by atoms with van der Waals surface area (Å²) in [7, 11) is 1.53. The summed E-state index contributed by atoms with van der Waals surface area (Å²) in [5, 5.41) is 6.31. The maximum atomic E-state index is 13.1. The van der Waals surface area contributed by atoms with Gasteiger partial charge in [-0.1, -0.05) is 20.8 Å². The topological polar surface area (TPSA) is 34.1 Å². The lowest BCUT2D eigenvalue weighted by molar-refractivity contribution is 0.413. The summed E-state index contributed by atoms with van der Waals surface area (Å²) >= 11 is 1.62. The number of methoxy groups -OCH3 is 1. The highest BCUT2D eigenvalue weighted by Gasteiger charge is 2.17. The molecule has 1 heterocycles. The maximum Gasteiger partial charge on any atom is 0.144 e. The first-order valence-corrected chi connectivity index (χ1v) is 7.30. The number of rotatable bonds is 4. The molecular weight excluding hydrogens is 275 g/mol. The van der Waals surface area contributed by atoms with Crippen molar-refractivity contribution in [2.45, 2.75) is 32.7 Å². The van der Waals surface area contributed by atoms with Gasteiger partial charge in [0.05, 0.1) is 25.0 Å². The van der Waals surface area contributed by atoms with Gasteiger partial charge in [-0.2, -0.15) is 0 Å². The summed E-state index contributed by atoms with van der Waals surface area (Å²) < 4.78 is 18.3. The lowest BCUT2D eigenvalue weighted by Crippen LogP contribution is -2.12. The number of nitrogens with one attached hydrogen (secondary N) is 1. The Hall–Kier alpha value is -1.62. The number of ether oxygens (including phenoxy) is 1. The maximum absolute atomic E-state index is 13.1. The Labute approximate surface area is 122 Å². The van der Waals surface area contributed by atoms with E-state index in [1.165, 1.54) is 19.2 Å². The molecule has 0 saturated heterocycles. The Bertz CT molecular complexity index is 590. The normalized spacial score (nSPS) is 11.4. The van der Waals surface area contributed by atoms with Gasteiger partial charge in [0.15, 0.2) is 0 Å². The molecule has 20 heavy (non-hydrogen) atoms. The van der Waals surface area contributed by atoms with Gasteiger partial charge in [0.1, 0.15) is 16.6 Å². The average Bonchev–Trinajstić information content (AvgIpc) is 2.86. The molecule has 108 valence electrons. The first-order valence-electron chi connectivity index (χ1n) is 6.42. The van der Waals surface area contributed by atoms with Crippen LogP contribution < -0.4 is 10.1 Å². The molecule has 0 aliphatic heterocycles. The predicted octanol–water partition coefficient (Wildman–Crippen LogP) is 4.20. The minimum absolute atomic E-state index is 0.0579. The average molecular weight is 294 g/mol. The van der Waals surface area contributed by atoms with Crippen molar-refractivity contribution in [3.05, 3.63) is 40.1 Å². The molecule has 0 aliphatic rings. The molecule has 0 saturated carbocycles. The highest BCUT2D eigenvalue weighted by Crippen LogP contribution is 2.27. The Kier molecular flexibility index (Phi) is 4.28. The van der Waals surface area contributed by atoms with Crippen LogP contribution in [0.1, 0.15) is 31.5 Å². The van der Waals surface area contributed by atoms with Gasteiger partial charge >= 0.3 is 0 Å². The van der Waals surface area contributed by atoms with E-state index in [4.69, 9.17) is 4.74 Å². The summed E-state index contributed by atoms with van der Waals surface area (Å²) in [5.41, 5.74) is 1.91. The second kappa shape index (κ2) is 5.79. The fraction of sp³-hybridized carbons (Fsp3) is 0.400. The number of anilines is 1. The molecule has 2 aromatic rings. The van der Waals surface area contributed by atoms with Crippen molar-refractivity contribution in [1.29, 1.82) is 0 Å². The molecule has 0 radical (unpaired) electrons. The Balaban J connectivity index is 2.07. The van der Waals surface area contributed by atoms with Crippen LogP contribution in [-0.4, -0.2) is 12.1 Å². The van der Waals surface area contributed by atoms with Gasteiger partial charge in [0.2, 0.25) is 0 Å². The van der Waals surface area contributed by atoms with Crippen LogP contribution in [0.4, 0.5) is 10.1 Å². The highest BCUT2D eigenvalue weighted by molar-refractivity contribution is 7.09. The van der Waals surface area contributed by atoms with Crippen LogP contribution >= 0.6 is 11.3 Å². The quantitative estimate of drug-likeness (QED) is 0.917. The monoisotopic (exact) mass is 294 g/mol. The molecule has 5 heteroatoms. The summed E-state index contributed by atoms with van der Waals surface area (Å²) in [6, 6.07) is 4.45. The molecule has 0 atom stereocenters. The van der Waals surface area contributed by atoms with Gasteiger partial charge in [0, 0.05) is 16.9 Å². The van der Waals surface area contributed by atoms with E-state index >= 15 is 0 Å². The van der Waals surface area contributed by atoms with E-state index < -0.39 is 0 Å². The lowest BCUT2D eigenvalue weighted by atomic mass is 9.93. The van der Waals surface area contributed by atoms with Crippen molar-refractivity contribution < 1.29 is 9.13 Å². The standard InChI is InChI=1S/C15H19FN2OS/c1-15(2,3)13-9-20-14(18-13)8-17-11-6-5-10(16)7-12(11)19-4/h5-7,9,17H,8H2,1-4H3. The number of halogens is 1. The van der Waals surface area contributed by atoms with E-state index in [-0.39, 0.29) is 11.2 Å². The van der Waals surface area contributed by atoms with Gasteiger partial charge in [-0.3, -0.25) is 0 Å². The molecule has 0 spiro atoms. The summed E-state index contributed by atoms with van der Waals surface area (Å²) in [6.45, 7) is 7.02. The molecule has 1 aromatic carbocycles. The molecule has 0 bridgehead atoms. The first kappa shape index (κ1) is 14.8. The third kappa shape index (κ3) is 3.48. The molecule has 1 aromatic heterocycles. The van der Waals surface area contributed by atoms with E-state index in [1.807, 2.05) is 0 Å². The summed E-state index contributed by atoms with van der Waals surface area (Å²) in [6.07, 6.45) is 0. The lowest BCUT2D eigenvalue weighted by Gasteiger charge is -2.14. The van der Waals surface area contributed by atoms with Crippen molar-refractivity contribution in [3.63, 3.8) is 0 Å². The zero-order valence-electron chi connectivity index (χ0n) is 12.2. The number of thiazole rings is 1. The summed E-state index contributed by atoms with van der Waals surface area (Å²) in [4.78, 5) is 4.61. The van der Waals surface area contributed by atoms with E-state index in [9.17, 15) is 4.39 Å². The SMILES string of the molecule is COc1cc(F)ccc1NCc1nc(C(C)(C)C)cs1. The zero-order chi connectivity index (χ0) is 14.8. The minimum Gasteiger partial charge on any atom is -0.494 e. The van der Waals surface area contributed by atoms with Crippen molar-refractivity contribution in [2.75, 3.05) is 12.4 Å². The molecular formula is C15H19FN2OS. The minimum atomic E-state index is -0.309. The number of hydrogen-bond donors (Lipinski definition) is 1. The fourth-order valence-electron chi connectivity index (χ4n) is 1.72. The fourth-order valence-corrected chi connectivity index (χ4v) is 2.68. The van der Waals surface area contributed by atoms with Crippen LogP contribution in [0.25, 0.3) is 0 Å². The van der Waals surface area contributed by atoms with Crippen molar-refractivity contribution in [2.24, 2.45) is 0 Å². The third-order valence-electron chi connectivity index (χ3n) is 2.91. The van der Waals surface area contributed by atoms with Crippen molar-refractivity contribution in [1.82, 2.24) is 4.98 Å². The van der Waals surface area contributed by atoms with E-state index in [2.05, 4.69) is 36.5 Å². The van der Waals surface area contributed by atoms with Crippen LogP contribution in [0.3, 0.4) is 0 Å². The van der Waals surface area contributed by atoms with Gasteiger partial charge in [-0.05, 0) is 12.1 Å². The Morgan fingerprint density at radius 2 is 2.10 bits per heavy atom. The second-order valence-corrected chi connectivity index (χ2v) is 6.52. The molecule has 0 aliphatic carbocycles. The van der Waals surface area contributed by atoms with Crippen LogP contribution in [-0.2, 0) is 12.0 Å². The molecule has 2 rings (SSSR count). The van der Waals surface area contributed by atoms with E-state index in [0.717, 1.165) is 16.4 Å². The number of aromatic nitrogens is 1. The van der Waals surface area contributed by atoms with E-state index in [0.29, 0.717) is 12.3 Å². The molecule has 0 amide bonds. The van der Waals surface area contributed by atoms with Crippen molar-refractivity contribution in [3.8, 4) is 5.75 Å². The van der Waals surface area contributed by atoms with Crippen molar-refractivity contribution >= 4 is 17.0 Å². The van der Waals surface area contributed by atoms with Crippen LogP contribution in [0.5, 0.6) is 5.75 Å². The van der Waals surface area contributed by atoms with Gasteiger partial charge in [-0.25, -0.2) is 9.37 Å². The summed E-state index contributed by atoms with van der Waals surface area (Å²) in [5.74, 6) is 0.189. The number of benzene rings is 1. The molecule has 3 nitrogen and oxygen atoms in total. The van der Waals surface area contributed by atoms with Gasteiger partial charge < -0.3 is 10.1 Å². The molecule has 0 unspecified atom stereocenters. The van der Waals surface area contributed by atoms with Crippen LogP contribution in [0.15, 0.2) is 23.6 Å². The Morgan fingerprint density at radius 1 is 1.35 bits per heavy atom. The van der Waals surface area contributed by atoms with Crippen LogP contribution in [0, 0.1) is 5.82 Å². The molecule has 0 fully saturated rings. The second-order valence-electron chi connectivity index (χ2n) is 5.57. The molecule has 1 N–H and O–H groups in total. The first-order chi connectivity index (χ1) is 9.40. The number of hydrogen-bond acceptors (Lipinski definition) is 4. The predicted molar refractivity (Wildman–Crippen MR) is 81.1 cm³/mol. The zero-order valence-corrected chi connectivity index (χ0v) is 13.0. The third-order valence-corrected chi connectivity index (χ3v) is 3.76. The Morgan fingerprint density at radius 3 is 2.70 bits per heavy atom. The number of nitrogens with zero attached hydrogens (tertiary/aromatic N) is 1. The highest BCUT2D eigenvalue weighted by atomic mass is 32.1. The smallest absolute Gasteiger partial charge is 0.144 e. The van der Waals surface area contributed by atoms with E-state index in [1.54, 1.807) is 17.4 Å². The van der Waals surface area contributed by atoms with Crippen LogP contribution in [0.2, 0.25) is 0 Å². The van der Waals surface area contributed by atoms with Gasteiger partial charge in [-0.15, -0.1) is 11.3 Å². The largest absolute Gasteiger partial charge is 0.494 e.